The second kappa shape index (κ2) is 46.1. The van der Waals surface area contributed by atoms with Gasteiger partial charge >= 0.3 is 0 Å². The Balaban J connectivity index is 0.838. The third-order valence-corrected chi connectivity index (χ3v) is 30.5. The van der Waals surface area contributed by atoms with Crippen LogP contribution >= 0.6 is 0 Å². The molecule has 19 rings (SSSR count). The topological polar surface area (TPSA) is 77.3 Å². The zero-order chi connectivity index (χ0) is 93.9. The average molecular weight is 1810 g/mol. The molecular formula is C132H144N6. The first-order chi connectivity index (χ1) is 68.2. The molecule has 6 heteroatoms. The minimum Gasteiger partial charge on any atom is -0.241 e. The Morgan fingerprint density at radius 2 is 0.239 bits per heavy atom. The van der Waals surface area contributed by atoms with Gasteiger partial charge in [-0.05, 0) is 246 Å². The Morgan fingerprint density at radius 3 is 0.377 bits per heavy atom. The Morgan fingerprint density at radius 1 is 0.116 bits per heavy atom. The van der Waals surface area contributed by atoms with E-state index in [2.05, 4.69) is 296 Å². The molecule has 6 nitrogen and oxygen atoms in total. The third-order valence-electron chi connectivity index (χ3n) is 30.5. The molecule has 0 aliphatic heterocycles. The van der Waals surface area contributed by atoms with Gasteiger partial charge in [-0.25, -0.2) is 29.9 Å². The highest BCUT2D eigenvalue weighted by atomic mass is 14.9. The summed E-state index contributed by atoms with van der Waals surface area (Å²) < 4.78 is 0. The molecular weight excluding hydrogens is 1670 g/mol. The van der Waals surface area contributed by atoms with E-state index in [0.29, 0.717) is 33.1 Å². The fraction of sp³-hybridized carbons (Fsp3) is 0.364. The van der Waals surface area contributed by atoms with Crippen LogP contribution in [0.1, 0.15) is 306 Å². The van der Waals surface area contributed by atoms with E-state index < -0.39 is 0 Å². The molecule has 0 fully saturated rings. The number of rotatable bonds is 48. The van der Waals surface area contributed by atoms with Crippen molar-refractivity contribution < 1.29 is 0 Å². The fourth-order valence-electron chi connectivity index (χ4n) is 22.2. The molecule has 0 aliphatic carbocycles. The largest absolute Gasteiger partial charge is 0.241 e. The van der Waals surface area contributed by atoms with Gasteiger partial charge in [-0.3, -0.25) is 0 Å². The molecule has 0 bridgehead atoms. The number of benzene rings is 16. The third kappa shape index (κ3) is 21.7. The molecule has 0 spiro atoms. The molecule has 3 heterocycles. The zero-order valence-corrected chi connectivity index (χ0v) is 83.6. The van der Waals surface area contributed by atoms with E-state index in [1.807, 2.05) is 0 Å². The molecule has 19 aromatic rings. The van der Waals surface area contributed by atoms with Crippen LogP contribution in [0.15, 0.2) is 255 Å². The van der Waals surface area contributed by atoms with Gasteiger partial charge in [0.1, 0.15) is 33.1 Å². The molecule has 138 heavy (non-hydrogen) atoms. The highest BCUT2D eigenvalue weighted by Gasteiger charge is 2.27. The first-order valence-corrected chi connectivity index (χ1v) is 54.4. The van der Waals surface area contributed by atoms with Crippen LogP contribution in [0.3, 0.4) is 0 Å². The second-order valence-corrected chi connectivity index (χ2v) is 40.7. The average Bonchev–Trinajstić information content (AvgIpc) is 0.693. The van der Waals surface area contributed by atoms with Crippen molar-refractivity contribution >= 4 is 131 Å². The predicted octanol–water partition coefficient (Wildman–Crippen LogP) is 39.3. The summed E-state index contributed by atoms with van der Waals surface area (Å²) in [4.78, 5) is 37.1. The molecule has 0 aliphatic rings. The minimum absolute atomic E-state index is 0.646. The molecule has 0 N–H and O–H groups in total. The van der Waals surface area contributed by atoms with Gasteiger partial charge in [0.25, 0.3) is 0 Å². The van der Waals surface area contributed by atoms with E-state index in [1.54, 1.807) is 0 Å². The first-order valence-electron chi connectivity index (χ1n) is 54.4. The Labute approximate surface area is 821 Å². The highest BCUT2D eigenvalue weighted by Crippen LogP contribution is 2.47. The number of fused-ring (bicyclic) bond motifs is 24. The smallest absolute Gasteiger partial charge is 0.120 e. The molecule has 702 valence electrons. The summed E-state index contributed by atoms with van der Waals surface area (Å²) in [5.74, 6) is 0. The summed E-state index contributed by atoms with van der Waals surface area (Å²) >= 11 is 0. The van der Waals surface area contributed by atoms with Crippen molar-refractivity contribution in [3.05, 3.63) is 288 Å². The van der Waals surface area contributed by atoms with Crippen LogP contribution in [-0.2, 0) is 38.5 Å². The van der Waals surface area contributed by atoms with E-state index >= 15 is 0 Å². The Kier molecular flexibility index (Phi) is 31.7. The molecule has 0 radical (unpaired) electrons. The van der Waals surface area contributed by atoms with Crippen LogP contribution in [-0.4, -0.2) is 29.9 Å². The van der Waals surface area contributed by atoms with Gasteiger partial charge in [0.05, 0.1) is 33.1 Å². The lowest BCUT2D eigenvalue weighted by Gasteiger charge is -2.17. The molecule has 3 aromatic heterocycles. The molecule has 16 aromatic carbocycles. The van der Waals surface area contributed by atoms with E-state index in [0.717, 1.165) is 136 Å². The van der Waals surface area contributed by atoms with Crippen molar-refractivity contribution in [2.24, 2.45) is 0 Å². The Hall–Kier alpha value is -12.1. The zero-order valence-electron chi connectivity index (χ0n) is 83.6. The monoisotopic (exact) mass is 1810 g/mol. The van der Waals surface area contributed by atoms with E-state index in [4.69, 9.17) is 29.9 Å². The number of aromatic nitrogens is 6. The lowest BCUT2D eigenvalue weighted by atomic mass is 9.92. The van der Waals surface area contributed by atoms with Crippen molar-refractivity contribution in [1.82, 2.24) is 29.9 Å². The van der Waals surface area contributed by atoms with Crippen molar-refractivity contribution in [1.29, 1.82) is 0 Å². The maximum atomic E-state index is 6.18. The van der Waals surface area contributed by atoms with Gasteiger partial charge in [-0.2, -0.15) is 0 Å². The van der Waals surface area contributed by atoms with Crippen molar-refractivity contribution in [2.75, 3.05) is 0 Å². The SMILES string of the molecule is CCCCCCCCc1ccc(-c2ccc3c(c2)c2cc(-c4ccc(CCCCCCCC)cc4)ccc2c2nc4c(nc32)c2nc3c5ccc(-c6ccc(CCCCCCCC)cc6)cc5c5cc(-c6ccc(CCCCCCCC)cc6)ccc5c3nc2c2nc3c5ccc(-c6ccc(CCCCCCCC)cc6)cc5c5cc(-c6ccc(CCCCCCCC)cc6)ccc5c3nc42)cc1. The highest BCUT2D eigenvalue weighted by molar-refractivity contribution is 6.32. The van der Waals surface area contributed by atoms with Crippen molar-refractivity contribution in [2.45, 2.75) is 311 Å². The quantitative estimate of drug-likeness (QED) is 0.0215. The summed E-state index contributed by atoms with van der Waals surface area (Å²) in [7, 11) is 0. The van der Waals surface area contributed by atoms with Crippen LogP contribution in [0.2, 0.25) is 0 Å². The van der Waals surface area contributed by atoms with E-state index in [9.17, 15) is 0 Å². The second-order valence-electron chi connectivity index (χ2n) is 40.7. The lowest BCUT2D eigenvalue weighted by molar-refractivity contribution is 0.607. The van der Waals surface area contributed by atoms with E-state index in [-0.39, 0.29) is 0 Å². The molecule has 0 unspecified atom stereocenters. The van der Waals surface area contributed by atoms with Crippen molar-refractivity contribution in [3.63, 3.8) is 0 Å². The van der Waals surface area contributed by atoms with Crippen LogP contribution < -0.4 is 0 Å². The number of hydrogen-bond donors (Lipinski definition) is 0. The van der Waals surface area contributed by atoms with Gasteiger partial charge in [0.2, 0.25) is 0 Å². The van der Waals surface area contributed by atoms with Gasteiger partial charge in [0, 0.05) is 32.3 Å². The number of hydrogen-bond acceptors (Lipinski definition) is 6. The molecule has 0 amide bonds. The summed E-state index contributed by atoms with van der Waals surface area (Å²) in [5, 5.41) is 12.9. The van der Waals surface area contributed by atoms with Crippen LogP contribution in [0.25, 0.3) is 198 Å². The summed E-state index contributed by atoms with van der Waals surface area (Å²) in [6.45, 7) is 13.8. The van der Waals surface area contributed by atoms with Crippen LogP contribution in [0.5, 0.6) is 0 Å². The summed E-state index contributed by atoms with van der Waals surface area (Å²) in [6.07, 6.45) is 52.9. The van der Waals surface area contributed by atoms with Crippen molar-refractivity contribution in [3.8, 4) is 66.8 Å². The predicted molar refractivity (Wildman–Crippen MR) is 598 cm³/mol. The van der Waals surface area contributed by atoms with Gasteiger partial charge < -0.3 is 0 Å². The minimum atomic E-state index is 0.646. The first kappa shape index (κ1) is 94.8. The van der Waals surface area contributed by atoms with Crippen LogP contribution in [0, 0.1) is 0 Å². The van der Waals surface area contributed by atoms with Crippen LogP contribution in [0.4, 0.5) is 0 Å². The fourth-order valence-corrected chi connectivity index (χ4v) is 22.2. The standard InChI is InChI=1S/C132H144N6/c1-7-13-19-25-31-37-43-91-49-61-97(62-50-91)103-73-79-109-115(85-103)116-86-104(98-63-51-92(52-64-98)44-38-32-26-20-14-8-2)74-80-110(116)122-121(109)133-127-128(134-122)130-132(138-126-114-84-78-108(102-71-59-96(60-72-102)48-42-36-30-24-18-12-6)90-120(114)119-89-107(77-83-113(119)125(126)136-130)101-69-57-95(58-70-101)47-41-35-29-23-17-11-5)131-129(127)135-123-111-81-75-105(99-65-53-93(54-66-99)45-39-33-27-21-15-9-3)87-117(111)118-88-106(76-82-112(118)124(123)137-131)100-67-55-94(56-68-100)46-40-34-28-22-16-10-4/h49-90H,7-48H2,1-6H3. The normalized spacial score (nSPS) is 12.0. The molecule has 0 saturated heterocycles. The van der Waals surface area contributed by atoms with Gasteiger partial charge in [0.15, 0.2) is 0 Å². The summed E-state index contributed by atoms with van der Waals surface area (Å²) in [6, 6.07) is 99.0. The van der Waals surface area contributed by atoms with E-state index in [1.165, 1.54) is 331 Å². The maximum Gasteiger partial charge on any atom is 0.120 e. The molecule has 0 atom stereocenters. The number of aryl methyl sites for hydroxylation is 6. The maximum absolute atomic E-state index is 6.18. The summed E-state index contributed by atoms with van der Waals surface area (Å²) in [5.41, 5.74) is 31.3. The Bertz CT molecular complexity index is 6240. The number of nitrogens with zero attached hydrogens (tertiary/aromatic N) is 6. The lowest BCUT2D eigenvalue weighted by Crippen LogP contribution is -2.01. The van der Waals surface area contributed by atoms with Gasteiger partial charge in [-0.15, -0.1) is 0 Å². The van der Waals surface area contributed by atoms with Gasteiger partial charge in [-0.1, -0.05) is 453 Å². The molecule has 0 saturated carbocycles. The number of unbranched alkanes of at least 4 members (excludes halogenated alkanes) is 30.